The van der Waals surface area contributed by atoms with Gasteiger partial charge in [-0.1, -0.05) is 17.7 Å². The quantitative estimate of drug-likeness (QED) is 0.846. The summed E-state index contributed by atoms with van der Waals surface area (Å²) in [5.74, 6) is 0. The molecule has 0 aliphatic heterocycles. The van der Waals surface area contributed by atoms with E-state index < -0.39 is 0 Å². The molecule has 0 fully saturated rings. The Morgan fingerprint density at radius 2 is 2.19 bits per heavy atom. The Morgan fingerprint density at radius 3 is 2.88 bits per heavy atom. The Balaban J connectivity index is 2.21. The first-order valence-electron chi connectivity index (χ1n) is 4.94. The highest BCUT2D eigenvalue weighted by Crippen LogP contribution is 2.30. The van der Waals surface area contributed by atoms with Crippen LogP contribution in [-0.2, 0) is 6.54 Å². The SMILES string of the molecule is CN(Cc1ccsc1)c1cccc(Cl)c1N. The van der Waals surface area contributed by atoms with Crippen LogP contribution in [0.25, 0.3) is 0 Å². The third kappa shape index (κ3) is 2.31. The van der Waals surface area contributed by atoms with Crippen molar-refractivity contribution in [3.05, 3.63) is 45.6 Å². The van der Waals surface area contributed by atoms with Crippen LogP contribution < -0.4 is 10.6 Å². The number of hydrogen-bond donors (Lipinski definition) is 1. The van der Waals surface area contributed by atoms with E-state index in [-0.39, 0.29) is 0 Å². The lowest BCUT2D eigenvalue weighted by molar-refractivity contribution is 0.929. The van der Waals surface area contributed by atoms with Gasteiger partial charge in [-0.3, -0.25) is 0 Å². The molecule has 0 amide bonds. The van der Waals surface area contributed by atoms with Crippen LogP contribution in [-0.4, -0.2) is 7.05 Å². The molecular weight excluding hydrogens is 240 g/mol. The Morgan fingerprint density at radius 1 is 1.38 bits per heavy atom. The van der Waals surface area contributed by atoms with Crippen molar-refractivity contribution in [3.63, 3.8) is 0 Å². The number of anilines is 2. The molecular formula is C12H13ClN2S. The molecule has 4 heteroatoms. The molecule has 2 N–H and O–H groups in total. The Bertz CT molecular complexity index is 468. The summed E-state index contributed by atoms with van der Waals surface area (Å²) < 4.78 is 0. The predicted molar refractivity (Wildman–Crippen MR) is 72.3 cm³/mol. The summed E-state index contributed by atoms with van der Waals surface area (Å²) in [6, 6.07) is 7.81. The van der Waals surface area contributed by atoms with Crippen LogP contribution in [0.2, 0.25) is 5.02 Å². The molecule has 0 aliphatic rings. The van der Waals surface area contributed by atoms with Crippen molar-refractivity contribution in [2.24, 2.45) is 0 Å². The molecule has 0 radical (unpaired) electrons. The average molecular weight is 253 g/mol. The summed E-state index contributed by atoms with van der Waals surface area (Å²) in [6.07, 6.45) is 0. The lowest BCUT2D eigenvalue weighted by Gasteiger charge is -2.21. The fourth-order valence-corrected chi connectivity index (χ4v) is 2.43. The van der Waals surface area contributed by atoms with Crippen LogP contribution in [0.3, 0.4) is 0 Å². The molecule has 1 aromatic carbocycles. The van der Waals surface area contributed by atoms with Gasteiger partial charge in [0.05, 0.1) is 16.4 Å². The lowest BCUT2D eigenvalue weighted by atomic mass is 10.2. The zero-order valence-corrected chi connectivity index (χ0v) is 10.6. The minimum absolute atomic E-state index is 0.606. The van der Waals surface area contributed by atoms with E-state index in [1.54, 1.807) is 17.4 Å². The van der Waals surface area contributed by atoms with E-state index in [1.165, 1.54) is 5.56 Å². The molecule has 0 spiro atoms. The second-order valence-electron chi connectivity index (χ2n) is 3.66. The molecule has 1 aromatic heterocycles. The molecule has 2 nitrogen and oxygen atoms in total. The van der Waals surface area contributed by atoms with Crippen LogP contribution in [0.4, 0.5) is 11.4 Å². The van der Waals surface area contributed by atoms with Gasteiger partial charge in [-0.15, -0.1) is 0 Å². The number of para-hydroxylation sites is 1. The normalized spacial score (nSPS) is 10.4. The van der Waals surface area contributed by atoms with E-state index in [0.29, 0.717) is 10.7 Å². The summed E-state index contributed by atoms with van der Waals surface area (Å²) in [4.78, 5) is 2.10. The minimum atomic E-state index is 0.606. The first kappa shape index (κ1) is 11.3. The third-order valence-corrected chi connectivity index (χ3v) is 3.50. The van der Waals surface area contributed by atoms with Gasteiger partial charge in [0.2, 0.25) is 0 Å². The van der Waals surface area contributed by atoms with Gasteiger partial charge in [0.15, 0.2) is 0 Å². The van der Waals surface area contributed by atoms with Crippen LogP contribution in [0.1, 0.15) is 5.56 Å². The minimum Gasteiger partial charge on any atom is -0.396 e. The highest BCUT2D eigenvalue weighted by molar-refractivity contribution is 7.07. The van der Waals surface area contributed by atoms with Crippen LogP contribution >= 0.6 is 22.9 Å². The van der Waals surface area contributed by atoms with Crippen molar-refractivity contribution < 1.29 is 0 Å². The number of nitrogen functional groups attached to an aromatic ring is 1. The van der Waals surface area contributed by atoms with Crippen LogP contribution in [0.5, 0.6) is 0 Å². The van der Waals surface area contributed by atoms with Gasteiger partial charge in [-0.05, 0) is 34.5 Å². The Labute approximate surface area is 104 Å². The number of nitrogens with two attached hydrogens (primary N) is 1. The first-order chi connectivity index (χ1) is 7.68. The largest absolute Gasteiger partial charge is 0.396 e. The molecule has 0 unspecified atom stereocenters. The monoisotopic (exact) mass is 252 g/mol. The molecule has 0 atom stereocenters. The van der Waals surface area contributed by atoms with Crippen molar-refractivity contribution in [2.75, 3.05) is 17.7 Å². The first-order valence-corrected chi connectivity index (χ1v) is 6.27. The lowest BCUT2D eigenvalue weighted by Crippen LogP contribution is -2.17. The van der Waals surface area contributed by atoms with Gasteiger partial charge in [0, 0.05) is 13.6 Å². The van der Waals surface area contributed by atoms with Gasteiger partial charge in [0.1, 0.15) is 0 Å². The number of halogens is 1. The van der Waals surface area contributed by atoms with Gasteiger partial charge in [-0.2, -0.15) is 11.3 Å². The van der Waals surface area contributed by atoms with Gasteiger partial charge in [0.25, 0.3) is 0 Å². The highest BCUT2D eigenvalue weighted by Gasteiger charge is 2.08. The Kier molecular flexibility index (Phi) is 3.36. The van der Waals surface area contributed by atoms with E-state index in [9.17, 15) is 0 Å². The van der Waals surface area contributed by atoms with E-state index in [0.717, 1.165) is 12.2 Å². The zero-order chi connectivity index (χ0) is 11.5. The van der Waals surface area contributed by atoms with E-state index >= 15 is 0 Å². The summed E-state index contributed by atoms with van der Waals surface area (Å²) >= 11 is 7.69. The maximum Gasteiger partial charge on any atom is 0.0741 e. The van der Waals surface area contributed by atoms with E-state index in [1.807, 2.05) is 19.2 Å². The van der Waals surface area contributed by atoms with Gasteiger partial charge < -0.3 is 10.6 Å². The number of thiophene rings is 1. The standard InChI is InChI=1S/C12H13ClN2S/c1-15(7-9-5-6-16-8-9)11-4-2-3-10(13)12(11)14/h2-6,8H,7,14H2,1H3. The molecule has 2 rings (SSSR count). The van der Waals surface area contributed by atoms with Crippen molar-refractivity contribution in [1.29, 1.82) is 0 Å². The third-order valence-electron chi connectivity index (χ3n) is 2.44. The molecule has 0 aliphatic carbocycles. The van der Waals surface area contributed by atoms with E-state index in [4.69, 9.17) is 17.3 Å². The second-order valence-corrected chi connectivity index (χ2v) is 4.85. The molecule has 0 bridgehead atoms. The number of benzene rings is 1. The number of hydrogen-bond acceptors (Lipinski definition) is 3. The average Bonchev–Trinajstić information content (AvgIpc) is 2.74. The maximum absolute atomic E-state index is 5.99. The second kappa shape index (κ2) is 4.76. The fraction of sp³-hybridized carbons (Fsp3) is 0.167. The van der Waals surface area contributed by atoms with Crippen molar-refractivity contribution in [2.45, 2.75) is 6.54 Å². The summed E-state index contributed by atoms with van der Waals surface area (Å²) in [5.41, 5.74) is 8.84. The highest BCUT2D eigenvalue weighted by atomic mass is 35.5. The molecule has 0 saturated heterocycles. The maximum atomic E-state index is 5.99. The summed E-state index contributed by atoms with van der Waals surface area (Å²) in [5, 5.41) is 4.82. The summed E-state index contributed by atoms with van der Waals surface area (Å²) in [6.45, 7) is 0.841. The Hall–Kier alpha value is -1.19. The zero-order valence-electron chi connectivity index (χ0n) is 8.98. The van der Waals surface area contributed by atoms with Crippen molar-refractivity contribution in [1.82, 2.24) is 0 Å². The van der Waals surface area contributed by atoms with Crippen LogP contribution in [0.15, 0.2) is 35.0 Å². The number of rotatable bonds is 3. The topological polar surface area (TPSA) is 29.3 Å². The molecule has 2 aromatic rings. The predicted octanol–water partition coefficient (Wildman–Crippen LogP) is 3.62. The van der Waals surface area contributed by atoms with Crippen molar-refractivity contribution >= 4 is 34.3 Å². The van der Waals surface area contributed by atoms with Crippen LogP contribution in [0, 0.1) is 0 Å². The molecule has 16 heavy (non-hydrogen) atoms. The molecule has 1 heterocycles. The number of nitrogens with zero attached hydrogens (tertiary/aromatic N) is 1. The van der Waals surface area contributed by atoms with Gasteiger partial charge in [-0.25, -0.2) is 0 Å². The van der Waals surface area contributed by atoms with E-state index in [2.05, 4.69) is 21.7 Å². The fourth-order valence-electron chi connectivity index (χ4n) is 1.60. The summed E-state index contributed by atoms with van der Waals surface area (Å²) in [7, 11) is 2.01. The van der Waals surface area contributed by atoms with Gasteiger partial charge >= 0.3 is 0 Å². The van der Waals surface area contributed by atoms with Crippen molar-refractivity contribution in [3.8, 4) is 0 Å². The smallest absolute Gasteiger partial charge is 0.0741 e. The molecule has 0 saturated carbocycles. The molecule has 84 valence electrons.